The summed E-state index contributed by atoms with van der Waals surface area (Å²) < 4.78 is 25.8. The molecule has 0 N–H and O–H groups in total. The van der Waals surface area contributed by atoms with Gasteiger partial charge in [0.1, 0.15) is 5.69 Å². The van der Waals surface area contributed by atoms with E-state index in [0.29, 0.717) is 0 Å². The van der Waals surface area contributed by atoms with Crippen molar-refractivity contribution in [1.82, 2.24) is 14.9 Å². The smallest absolute Gasteiger partial charge is 0.274 e. The lowest BCUT2D eigenvalue weighted by atomic mass is 10.1. The van der Waals surface area contributed by atoms with Crippen molar-refractivity contribution in [2.24, 2.45) is 0 Å². The molecule has 0 bridgehead atoms. The zero-order valence-electron chi connectivity index (χ0n) is 8.57. The average molecular weight is 227 g/mol. The zero-order valence-corrected chi connectivity index (χ0v) is 8.57. The molecule has 0 radical (unpaired) electrons. The van der Waals surface area contributed by atoms with Gasteiger partial charge in [0.25, 0.3) is 11.8 Å². The Bertz CT molecular complexity index is 373. The van der Waals surface area contributed by atoms with Gasteiger partial charge in [0.05, 0.1) is 6.20 Å². The van der Waals surface area contributed by atoms with Gasteiger partial charge >= 0.3 is 0 Å². The minimum Gasteiger partial charge on any atom is -0.337 e. The number of alkyl halides is 2. The van der Waals surface area contributed by atoms with Crippen LogP contribution in [0.3, 0.4) is 0 Å². The van der Waals surface area contributed by atoms with Crippen LogP contribution in [-0.2, 0) is 0 Å². The van der Waals surface area contributed by atoms with Crippen molar-refractivity contribution in [3.63, 3.8) is 0 Å². The minimum atomic E-state index is -2.64. The highest BCUT2D eigenvalue weighted by molar-refractivity contribution is 5.92. The first-order chi connectivity index (χ1) is 7.58. The van der Waals surface area contributed by atoms with Crippen LogP contribution in [0.25, 0.3) is 0 Å². The summed E-state index contributed by atoms with van der Waals surface area (Å²) in [7, 11) is 0. The number of nitrogens with zero attached hydrogens (tertiary/aromatic N) is 3. The molecule has 1 saturated heterocycles. The number of carbonyl (C=O) groups is 1. The molecule has 1 aliphatic heterocycles. The molecular formula is C10H11F2N3O. The molecule has 6 heteroatoms. The van der Waals surface area contributed by atoms with Gasteiger partial charge < -0.3 is 4.90 Å². The van der Waals surface area contributed by atoms with Crippen molar-refractivity contribution in [3.8, 4) is 0 Å². The van der Waals surface area contributed by atoms with Crippen molar-refractivity contribution in [2.45, 2.75) is 18.8 Å². The maximum Gasteiger partial charge on any atom is 0.274 e. The summed E-state index contributed by atoms with van der Waals surface area (Å²) in [6.07, 6.45) is 3.65. The number of likely N-dealkylation sites (tertiary alicyclic amines) is 1. The maximum atomic E-state index is 12.9. The second-order valence-electron chi connectivity index (χ2n) is 3.74. The van der Waals surface area contributed by atoms with Gasteiger partial charge in [-0.05, 0) is 0 Å². The van der Waals surface area contributed by atoms with E-state index in [-0.39, 0.29) is 37.5 Å². The molecule has 1 aliphatic rings. The molecule has 2 rings (SSSR count). The molecule has 0 saturated carbocycles. The van der Waals surface area contributed by atoms with Crippen LogP contribution in [0.1, 0.15) is 23.3 Å². The molecule has 0 aliphatic carbocycles. The molecular weight excluding hydrogens is 216 g/mol. The summed E-state index contributed by atoms with van der Waals surface area (Å²) in [5.41, 5.74) is 0.202. The van der Waals surface area contributed by atoms with Crippen molar-refractivity contribution >= 4 is 5.91 Å². The van der Waals surface area contributed by atoms with E-state index in [9.17, 15) is 13.6 Å². The van der Waals surface area contributed by atoms with Crippen LogP contribution in [0.2, 0.25) is 0 Å². The molecule has 2 heterocycles. The monoisotopic (exact) mass is 227 g/mol. The molecule has 1 aromatic rings. The third-order valence-corrected chi connectivity index (χ3v) is 2.56. The van der Waals surface area contributed by atoms with E-state index in [4.69, 9.17) is 0 Å². The van der Waals surface area contributed by atoms with Crippen molar-refractivity contribution < 1.29 is 13.6 Å². The normalized spacial score (nSPS) is 19.5. The summed E-state index contributed by atoms with van der Waals surface area (Å²) in [5, 5.41) is 0. The standard InChI is InChI=1S/C10H11F2N3O/c11-10(12)1-5-15(6-2-10)9(16)8-7-13-3-4-14-8/h3-4,7H,1-2,5-6H2. The second-order valence-corrected chi connectivity index (χ2v) is 3.74. The molecule has 0 unspecified atom stereocenters. The fourth-order valence-corrected chi connectivity index (χ4v) is 1.61. The Balaban J connectivity index is 2.03. The van der Waals surface area contributed by atoms with Gasteiger partial charge in [-0.3, -0.25) is 9.78 Å². The van der Waals surface area contributed by atoms with Crippen LogP contribution in [0.4, 0.5) is 8.78 Å². The van der Waals surface area contributed by atoms with Crippen LogP contribution in [0.5, 0.6) is 0 Å². The Morgan fingerprint density at radius 2 is 2.00 bits per heavy atom. The van der Waals surface area contributed by atoms with Gasteiger partial charge in [-0.25, -0.2) is 13.8 Å². The number of hydrogen-bond donors (Lipinski definition) is 0. The van der Waals surface area contributed by atoms with Crippen LogP contribution >= 0.6 is 0 Å². The summed E-state index contributed by atoms with van der Waals surface area (Å²) in [6.45, 7) is 0.144. The van der Waals surface area contributed by atoms with Gasteiger partial charge in [-0.2, -0.15) is 0 Å². The van der Waals surface area contributed by atoms with E-state index in [1.165, 1.54) is 23.5 Å². The van der Waals surface area contributed by atoms with Crippen LogP contribution in [0.15, 0.2) is 18.6 Å². The molecule has 1 aromatic heterocycles. The number of carbonyl (C=O) groups excluding carboxylic acids is 1. The molecule has 1 amide bonds. The van der Waals surface area contributed by atoms with Crippen molar-refractivity contribution in [3.05, 3.63) is 24.3 Å². The lowest BCUT2D eigenvalue weighted by molar-refractivity contribution is -0.0495. The number of halogens is 2. The maximum absolute atomic E-state index is 12.9. The number of hydrogen-bond acceptors (Lipinski definition) is 3. The van der Waals surface area contributed by atoms with Crippen LogP contribution < -0.4 is 0 Å². The van der Waals surface area contributed by atoms with E-state index >= 15 is 0 Å². The number of amides is 1. The topological polar surface area (TPSA) is 46.1 Å². The molecule has 0 spiro atoms. The van der Waals surface area contributed by atoms with Gasteiger partial charge in [-0.1, -0.05) is 0 Å². The predicted molar refractivity (Wildman–Crippen MR) is 52.1 cm³/mol. The molecule has 86 valence electrons. The first-order valence-electron chi connectivity index (χ1n) is 5.02. The number of piperidine rings is 1. The highest BCUT2D eigenvalue weighted by Gasteiger charge is 2.35. The highest BCUT2D eigenvalue weighted by Crippen LogP contribution is 2.27. The Morgan fingerprint density at radius 3 is 2.56 bits per heavy atom. The molecule has 4 nitrogen and oxygen atoms in total. The summed E-state index contributed by atoms with van der Waals surface area (Å²) >= 11 is 0. The third kappa shape index (κ3) is 2.32. The number of aromatic nitrogens is 2. The Morgan fingerprint density at radius 1 is 1.31 bits per heavy atom. The van der Waals surface area contributed by atoms with Gasteiger partial charge in [-0.15, -0.1) is 0 Å². The van der Waals surface area contributed by atoms with E-state index in [0.717, 1.165) is 0 Å². The van der Waals surface area contributed by atoms with Gasteiger partial charge in [0.15, 0.2) is 0 Å². The second kappa shape index (κ2) is 4.11. The Kier molecular flexibility index (Phi) is 2.80. The molecule has 0 aromatic carbocycles. The predicted octanol–water partition coefficient (Wildman–Crippen LogP) is 1.35. The van der Waals surface area contributed by atoms with E-state index in [1.54, 1.807) is 0 Å². The van der Waals surface area contributed by atoms with E-state index in [2.05, 4.69) is 9.97 Å². The molecule has 16 heavy (non-hydrogen) atoms. The SMILES string of the molecule is O=C(c1cnccn1)N1CCC(F)(F)CC1. The fourth-order valence-electron chi connectivity index (χ4n) is 1.61. The Hall–Kier alpha value is -1.59. The first kappa shape index (κ1) is 10.9. The average Bonchev–Trinajstić information content (AvgIpc) is 2.29. The fraction of sp³-hybridized carbons (Fsp3) is 0.500. The van der Waals surface area contributed by atoms with E-state index in [1.807, 2.05) is 0 Å². The molecule has 1 fully saturated rings. The Labute approximate surface area is 91.3 Å². The van der Waals surface area contributed by atoms with Crippen LogP contribution in [0, 0.1) is 0 Å². The van der Waals surface area contributed by atoms with Crippen LogP contribution in [-0.4, -0.2) is 39.8 Å². The number of rotatable bonds is 1. The molecule has 0 atom stereocenters. The highest BCUT2D eigenvalue weighted by atomic mass is 19.3. The van der Waals surface area contributed by atoms with Crippen molar-refractivity contribution in [2.75, 3.05) is 13.1 Å². The summed E-state index contributed by atoms with van der Waals surface area (Å²) in [6, 6.07) is 0. The van der Waals surface area contributed by atoms with E-state index < -0.39 is 5.92 Å². The van der Waals surface area contributed by atoms with Crippen molar-refractivity contribution in [1.29, 1.82) is 0 Å². The third-order valence-electron chi connectivity index (χ3n) is 2.56. The minimum absolute atomic E-state index is 0.0718. The quantitative estimate of drug-likeness (QED) is 0.727. The lowest BCUT2D eigenvalue weighted by Crippen LogP contribution is -2.43. The van der Waals surface area contributed by atoms with Gasteiger partial charge in [0, 0.05) is 38.3 Å². The largest absolute Gasteiger partial charge is 0.337 e. The summed E-state index contributed by atoms with van der Waals surface area (Å²) in [4.78, 5) is 20.8. The lowest BCUT2D eigenvalue weighted by Gasteiger charge is -2.31. The van der Waals surface area contributed by atoms with Gasteiger partial charge in [0.2, 0.25) is 0 Å². The zero-order chi connectivity index (χ0) is 11.6. The first-order valence-corrected chi connectivity index (χ1v) is 5.02. The summed E-state index contributed by atoms with van der Waals surface area (Å²) in [5.74, 6) is -2.97.